The maximum Gasteiger partial charge on any atom is 0.344 e. The number of hydrogen-bond acceptors (Lipinski definition) is 7. The number of nitrogens with one attached hydrogen (secondary N) is 1. The summed E-state index contributed by atoms with van der Waals surface area (Å²) in [7, 11) is 0. The van der Waals surface area contributed by atoms with E-state index in [0.29, 0.717) is 17.5 Å². The first-order chi connectivity index (χ1) is 14.5. The summed E-state index contributed by atoms with van der Waals surface area (Å²) in [6.07, 6.45) is 4.45. The number of benzene rings is 1. The van der Waals surface area contributed by atoms with Crippen LogP contribution >= 0.6 is 11.8 Å². The van der Waals surface area contributed by atoms with Gasteiger partial charge in [-0.1, -0.05) is 23.9 Å². The fourth-order valence-electron chi connectivity index (χ4n) is 2.31. The molecule has 30 heavy (non-hydrogen) atoms. The summed E-state index contributed by atoms with van der Waals surface area (Å²) in [6.45, 7) is -0.617. The number of thioether (sulfide) groups is 1. The molecule has 10 heteroatoms. The van der Waals surface area contributed by atoms with Crippen LogP contribution in [0.5, 0.6) is 11.6 Å². The van der Waals surface area contributed by atoms with Crippen molar-refractivity contribution in [1.29, 1.82) is 0 Å². The lowest BCUT2D eigenvalue weighted by Crippen LogP contribution is -2.21. The van der Waals surface area contributed by atoms with E-state index < -0.39 is 24.2 Å². The first-order valence-corrected chi connectivity index (χ1v) is 9.44. The molecule has 0 atom stereocenters. The Kier molecular flexibility index (Phi) is 7.28. The Morgan fingerprint density at radius 2 is 1.87 bits per heavy atom. The summed E-state index contributed by atoms with van der Waals surface area (Å²) >= 11 is 0.305. The molecule has 0 saturated heterocycles. The van der Waals surface area contributed by atoms with Crippen LogP contribution in [0.15, 0.2) is 72.0 Å². The Morgan fingerprint density at radius 3 is 2.63 bits per heavy atom. The van der Waals surface area contributed by atoms with Gasteiger partial charge in [-0.25, -0.2) is 9.78 Å². The second-order valence-corrected chi connectivity index (χ2v) is 6.68. The molecule has 2 heterocycles. The van der Waals surface area contributed by atoms with Crippen molar-refractivity contribution in [3.05, 3.63) is 72.7 Å². The SMILES string of the molecule is O=C(COC(=O)c1cccnc1Oc1cccnc1)Nc1ccccc1SC(F)F. The van der Waals surface area contributed by atoms with Crippen molar-refractivity contribution >= 4 is 29.3 Å². The van der Waals surface area contributed by atoms with Crippen LogP contribution in [0.1, 0.15) is 10.4 Å². The van der Waals surface area contributed by atoms with Crippen molar-refractivity contribution in [2.24, 2.45) is 0 Å². The van der Waals surface area contributed by atoms with Crippen LogP contribution in [-0.2, 0) is 9.53 Å². The molecule has 0 unspecified atom stereocenters. The smallest absolute Gasteiger partial charge is 0.344 e. The number of nitrogens with zero attached hydrogens (tertiary/aromatic N) is 2. The topological polar surface area (TPSA) is 90.4 Å². The number of rotatable bonds is 8. The summed E-state index contributed by atoms with van der Waals surface area (Å²) in [5.74, 6) is -3.77. The molecule has 0 saturated carbocycles. The number of halogens is 2. The van der Waals surface area contributed by atoms with Gasteiger partial charge in [0.15, 0.2) is 6.61 Å². The summed E-state index contributed by atoms with van der Waals surface area (Å²) in [5, 5.41) is 2.45. The maximum absolute atomic E-state index is 12.6. The zero-order valence-electron chi connectivity index (χ0n) is 15.3. The normalized spacial score (nSPS) is 10.5. The molecule has 0 aliphatic rings. The number of ether oxygens (including phenoxy) is 2. The summed E-state index contributed by atoms with van der Waals surface area (Å²) < 4.78 is 35.8. The first kappa shape index (κ1) is 21.2. The summed E-state index contributed by atoms with van der Waals surface area (Å²) in [5.41, 5.74) is 0.216. The molecule has 154 valence electrons. The van der Waals surface area contributed by atoms with Gasteiger partial charge in [0.2, 0.25) is 5.88 Å². The van der Waals surface area contributed by atoms with Gasteiger partial charge in [0.25, 0.3) is 11.7 Å². The van der Waals surface area contributed by atoms with Gasteiger partial charge in [0.05, 0.1) is 11.9 Å². The van der Waals surface area contributed by atoms with E-state index in [4.69, 9.17) is 9.47 Å². The van der Waals surface area contributed by atoms with E-state index in [9.17, 15) is 18.4 Å². The Bertz CT molecular complexity index is 1020. The van der Waals surface area contributed by atoms with Gasteiger partial charge in [-0.3, -0.25) is 9.78 Å². The van der Waals surface area contributed by atoms with Crippen LogP contribution in [0.2, 0.25) is 0 Å². The zero-order valence-corrected chi connectivity index (χ0v) is 16.1. The molecule has 0 spiro atoms. The van der Waals surface area contributed by atoms with Gasteiger partial charge in [0, 0.05) is 17.3 Å². The number of amides is 1. The van der Waals surface area contributed by atoms with E-state index in [1.165, 1.54) is 36.7 Å². The molecule has 2 aromatic heterocycles. The van der Waals surface area contributed by atoms with Gasteiger partial charge in [0.1, 0.15) is 11.3 Å². The number of aromatic nitrogens is 2. The van der Waals surface area contributed by atoms with Gasteiger partial charge in [-0.15, -0.1) is 0 Å². The number of hydrogen-bond donors (Lipinski definition) is 1. The largest absolute Gasteiger partial charge is 0.452 e. The minimum atomic E-state index is -2.63. The van der Waals surface area contributed by atoms with Crippen molar-refractivity contribution in [3.8, 4) is 11.6 Å². The lowest BCUT2D eigenvalue weighted by atomic mass is 10.3. The third kappa shape index (κ3) is 5.98. The highest BCUT2D eigenvalue weighted by atomic mass is 32.2. The molecule has 1 aromatic carbocycles. The van der Waals surface area contributed by atoms with Crippen molar-refractivity contribution in [1.82, 2.24) is 9.97 Å². The van der Waals surface area contributed by atoms with Crippen LogP contribution in [0, 0.1) is 0 Å². The fraction of sp³-hybridized carbons (Fsp3) is 0.100. The van der Waals surface area contributed by atoms with E-state index in [2.05, 4.69) is 15.3 Å². The molecule has 1 N–H and O–H groups in total. The van der Waals surface area contributed by atoms with Crippen LogP contribution in [-0.4, -0.2) is 34.2 Å². The number of carbonyl (C=O) groups is 2. The molecule has 3 rings (SSSR count). The standard InChI is InChI=1S/C20H15F2N3O4S/c21-20(22)30-16-8-2-1-7-15(16)25-17(26)12-28-19(27)14-6-4-10-24-18(14)29-13-5-3-9-23-11-13/h1-11,20H,12H2,(H,25,26). The predicted octanol–water partition coefficient (Wildman–Crippen LogP) is 4.38. The maximum atomic E-state index is 12.6. The predicted molar refractivity (Wildman–Crippen MR) is 106 cm³/mol. The Labute approximate surface area is 174 Å². The highest BCUT2D eigenvalue weighted by Gasteiger charge is 2.18. The van der Waals surface area contributed by atoms with Gasteiger partial charge >= 0.3 is 5.97 Å². The van der Waals surface area contributed by atoms with Gasteiger partial charge < -0.3 is 14.8 Å². The molecular formula is C20H15F2N3O4S. The Balaban J connectivity index is 1.62. The van der Waals surface area contributed by atoms with E-state index >= 15 is 0 Å². The molecule has 7 nitrogen and oxygen atoms in total. The summed E-state index contributed by atoms with van der Waals surface area (Å²) in [6, 6.07) is 12.4. The van der Waals surface area contributed by atoms with Crippen molar-refractivity contribution in [3.63, 3.8) is 0 Å². The highest BCUT2D eigenvalue weighted by Crippen LogP contribution is 2.31. The van der Waals surface area contributed by atoms with Crippen molar-refractivity contribution < 1.29 is 27.8 Å². The zero-order chi connectivity index (χ0) is 21.3. The summed E-state index contributed by atoms with van der Waals surface area (Å²) in [4.78, 5) is 32.6. The molecule has 0 bridgehead atoms. The van der Waals surface area contributed by atoms with Crippen LogP contribution in [0.3, 0.4) is 0 Å². The molecule has 0 fully saturated rings. The number of carbonyl (C=O) groups excluding carboxylic acids is 2. The molecule has 0 aliphatic carbocycles. The fourth-order valence-corrected chi connectivity index (χ4v) is 2.91. The third-order valence-electron chi connectivity index (χ3n) is 3.55. The molecule has 1 amide bonds. The van der Waals surface area contributed by atoms with Crippen LogP contribution < -0.4 is 10.1 Å². The highest BCUT2D eigenvalue weighted by molar-refractivity contribution is 7.99. The van der Waals surface area contributed by atoms with E-state index in [1.54, 1.807) is 30.5 Å². The molecule has 3 aromatic rings. The first-order valence-electron chi connectivity index (χ1n) is 8.56. The minimum Gasteiger partial charge on any atom is -0.452 e. The number of alkyl halides is 2. The average molecular weight is 431 g/mol. The van der Waals surface area contributed by atoms with Crippen molar-refractivity contribution in [2.75, 3.05) is 11.9 Å². The molecular weight excluding hydrogens is 416 g/mol. The van der Waals surface area contributed by atoms with Gasteiger partial charge in [-0.2, -0.15) is 8.78 Å². The lowest BCUT2D eigenvalue weighted by Gasteiger charge is -2.11. The van der Waals surface area contributed by atoms with Gasteiger partial charge in [-0.05, 0) is 36.4 Å². The van der Waals surface area contributed by atoms with E-state index in [-0.39, 0.29) is 22.0 Å². The molecule has 0 radical (unpaired) electrons. The Morgan fingerprint density at radius 1 is 1.07 bits per heavy atom. The van der Waals surface area contributed by atoms with E-state index in [1.807, 2.05) is 0 Å². The van der Waals surface area contributed by atoms with E-state index in [0.717, 1.165) is 0 Å². The van der Waals surface area contributed by atoms with Crippen LogP contribution in [0.4, 0.5) is 14.5 Å². The lowest BCUT2D eigenvalue weighted by molar-refractivity contribution is -0.119. The minimum absolute atomic E-state index is 0.00501. The number of esters is 1. The quantitative estimate of drug-likeness (QED) is 0.418. The third-order valence-corrected chi connectivity index (χ3v) is 4.34. The average Bonchev–Trinajstić information content (AvgIpc) is 2.74. The number of anilines is 1. The monoisotopic (exact) mass is 431 g/mol. The Hall–Kier alpha value is -3.53. The van der Waals surface area contributed by atoms with Crippen LogP contribution in [0.25, 0.3) is 0 Å². The second kappa shape index (κ2) is 10.3. The number of para-hydroxylation sites is 1. The second-order valence-electron chi connectivity index (χ2n) is 5.65. The van der Waals surface area contributed by atoms with Crippen molar-refractivity contribution in [2.45, 2.75) is 10.7 Å². The number of pyridine rings is 2. The molecule has 0 aliphatic heterocycles.